The number of Topliss-reactive ketones (excluding diaryl/α,β-unsaturated/α-hetero) is 1. The Kier molecular flexibility index (Phi) is 5.54. The van der Waals surface area contributed by atoms with Crippen LogP contribution in [0.25, 0.3) is 22.2 Å². The van der Waals surface area contributed by atoms with Crippen molar-refractivity contribution >= 4 is 22.7 Å². The van der Waals surface area contributed by atoms with Gasteiger partial charge in [-0.2, -0.15) is 0 Å². The molecule has 0 unspecified atom stereocenters. The lowest BCUT2D eigenvalue weighted by Crippen LogP contribution is -2.16. The molecular weight excluding hydrogens is 397 g/mol. The molecule has 6 heteroatoms. The summed E-state index contributed by atoms with van der Waals surface area (Å²) in [6.07, 6.45) is 0. The van der Waals surface area contributed by atoms with E-state index < -0.39 is 18.4 Å². The molecule has 5 nitrogen and oxygen atoms in total. The van der Waals surface area contributed by atoms with Gasteiger partial charge in [-0.05, 0) is 23.8 Å². The first-order valence-corrected chi connectivity index (χ1v) is 9.68. The minimum atomic E-state index is -0.907. The number of methoxy groups -OCH3 is 1. The lowest BCUT2D eigenvalue weighted by molar-refractivity contribution is 0.0470. The van der Waals surface area contributed by atoms with E-state index >= 15 is 0 Å². The van der Waals surface area contributed by atoms with Gasteiger partial charge in [0.1, 0.15) is 11.6 Å². The first kappa shape index (κ1) is 20.3. The second kappa shape index (κ2) is 8.44. The van der Waals surface area contributed by atoms with Crippen LogP contribution in [-0.2, 0) is 11.8 Å². The third-order valence-corrected chi connectivity index (χ3v) is 5.16. The lowest BCUT2D eigenvalue weighted by atomic mass is 10.0. The van der Waals surface area contributed by atoms with Crippen molar-refractivity contribution in [1.82, 2.24) is 4.57 Å². The van der Waals surface area contributed by atoms with Crippen LogP contribution in [0.1, 0.15) is 20.7 Å². The number of para-hydroxylation sites is 1. The van der Waals surface area contributed by atoms with Crippen LogP contribution < -0.4 is 4.74 Å². The standard InChI is InChI=1S/C25H20FNO4/c1-27-21-11-7-6-10-19(21)23(24(27)16-8-4-3-5-9-16)22(28)15-31-25(29)18-13-12-17(30-2)14-20(18)26/h3-14H,15H2,1-2H3. The van der Waals surface area contributed by atoms with Crippen LogP contribution in [0.4, 0.5) is 4.39 Å². The van der Waals surface area contributed by atoms with Crippen molar-refractivity contribution in [3.63, 3.8) is 0 Å². The Morgan fingerprint density at radius 2 is 1.68 bits per heavy atom. The van der Waals surface area contributed by atoms with Crippen molar-refractivity contribution in [2.24, 2.45) is 7.05 Å². The second-order valence-corrected chi connectivity index (χ2v) is 7.01. The van der Waals surface area contributed by atoms with E-state index in [4.69, 9.17) is 9.47 Å². The zero-order valence-electron chi connectivity index (χ0n) is 17.1. The van der Waals surface area contributed by atoms with E-state index in [-0.39, 0.29) is 17.1 Å². The summed E-state index contributed by atoms with van der Waals surface area (Å²) in [5, 5.41) is 0.764. The molecule has 0 atom stereocenters. The monoisotopic (exact) mass is 417 g/mol. The van der Waals surface area contributed by atoms with Gasteiger partial charge in [0, 0.05) is 24.0 Å². The van der Waals surface area contributed by atoms with Gasteiger partial charge in [0.15, 0.2) is 6.61 Å². The van der Waals surface area contributed by atoms with Gasteiger partial charge in [-0.15, -0.1) is 0 Å². The Morgan fingerprint density at radius 1 is 0.968 bits per heavy atom. The van der Waals surface area contributed by atoms with E-state index in [0.29, 0.717) is 5.56 Å². The van der Waals surface area contributed by atoms with Crippen LogP contribution in [-0.4, -0.2) is 30.0 Å². The van der Waals surface area contributed by atoms with Gasteiger partial charge in [0.2, 0.25) is 5.78 Å². The number of hydrogen-bond acceptors (Lipinski definition) is 4. The molecule has 4 rings (SSSR count). The second-order valence-electron chi connectivity index (χ2n) is 7.01. The molecular formula is C25H20FNO4. The number of rotatable bonds is 6. The predicted octanol–water partition coefficient (Wildman–Crippen LogP) is 5.03. The number of aromatic nitrogens is 1. The molecule has 0 N–H and O–H groups in total. The highest BCUT2D eigenvalue weighted by Crippen LogP contribution is 2.33. The van der Waals surface area contributed by atoms with E-state index in [1.54, 1.807) is 0 Å². The number of aryl methyl sites for hydroxylation is 1. The first-order valence-electron chi connectivity index (χ1n) is 9.68. The Hall–Kier alpha value is -3.93. The molecule has 0 radical (unpaired) electrons. The van der Waals surface area contributed by atoms with Gasteiger partial charge < -0.3 is 14.0 Å². The maximum Gasteiger partial charge on any atom is 0.341 e. The molecule has 0 fully saturated rings. The molecule has 1 heterocycles. The first-order chi connectivity index (χ1) is 15.0. The highest BCUT2D eigenvalue weighted by atomic mass is 19.1. The van der Waals surface area contributed by atoms with Crippen molar-refractivity contribution in [2.45, 2.75) is 0 Å². The third kappa shape index (κ3) is 3.80. The Labute approximate surface area is 178 Å². The summed E-state index contributed by atoms with van der Waals surface area (Å²) in [6, 6.07) is 20.9. The van der Waals surface area contributed by atoms with Gasteiger partial charge in [-0.1, -0.05) is 48.5 Å². The van der Waals surface area contributed by atoms with Crippen molar-refractivity contribution < 1.29 is 23.5 Å². The number of fused-ring (bicyclic) bond motifs is 1. The van der Waals surface area contributed by atoms with Crippen molar-refractivity contribution in [3.05, 3.63) is 89.7 Å². The molecule has 1 aromatic heterocycles. The Balaban J connectivity index is 1.66. The largest absolute Gasteiger partial charge is 0.497 e. The zero-order chi connectivity index (χ0) is 22.0. The SMILES string of the molecule is COc1ccc(C(=O)OCC(=O)c2c(-c3ccccc3)n(C)c3ccccc23)c(F)c1. The number of carbonyl (C=O) groups is 2. The summed E-state index contributed by atoms with van der Waals surface area (Å²) < 4.78 is 26.2. The molecule has 3 aromatic carbocycles. The molecule has 0 aliphatic rings. The van der Waals surface area contributed by atoms with Crippen LogP contribution in [0.15, 0.2) is 72.8 Å². The maximum absolute atomic E-state index is 14.2. The number of nitrogens with zero attached hydrogens (tertiary/aromatic N) is 1. The van der Waals surface area contributed by atoms with Gasteiger partial charge in [0.05, 0.1) is 23.9 Å². The van der Waals surface area contributed by atoms with Crippen molar-refractivity contribution in [3.8, 4) is 17.0 Å². The number of carbonyl (C=O) groups excluding carboxylic acids is 2. The molecule has 4 aromatic rings. The predicted molar refractivity (Wildman–Crippen MR) is 116 cm³/mol. The van der Waals surface area contributed by atoms with E-state index in [9.17, 15) is 14.0 Å². The van der Waals surface area contributed by atoms with E-state index in [1.165, 1.54) is 19.2 Å². The number of esters is 1. The average molecular weight is 417 g/mol. The lowest BCUT2D eigenvalue weighted by Gasteiger charge is -2.09. The topological polar surface area (TPSA) is 57.5 Å². The van der Waals surface area contributed by atoms with Crippen LogP contribution in [0.2, 0.25) is 0 Å². The number of hydrogen-bond donors (Lipinski definition) is 0. The molecule has 0 spiro atoms. The normalized spacial score (nSPS) is 10.8. The van der Waals surface area contributed by atoms with Crippen LogP contribution in [0, 0.1) is 5.82 Å². The van der Waals surface area contributed by atoms with E-state index in [1.807, 2.05) is 66.2 Å². The zero-order valence-corrected chi connectivity index (χ0v) is 17.1. The number of ketones is 1. The number of benzene rings is 3. The summed E-state index contributed by atoms with van der Waals surface area (Å²) in [5.74, 6) is -1.76. The average Bonchev–Trinajstić information content (AvgIpc) is 3.10. The molecule has 0 saturated heterocycles. The molecule has 0 aliphatic carbocycles. The minimum Gasteiger partial charge on any atom is -0.497 e. The molecule has 0 aliphatic heterocycles. The minimum absolute atomic E-state index is 0.255. The summed E-state index contributed by atoms with van der Waals surface area (Å²) in [5.41, 5.74) is 2.70. The van der Waals surface area contributed by atoms with Crippen molar-refractivity contribution in [1.29, 1.82) is 0 Å². The van der Waals surface area contributed by atoms with Crippen molar-refractivity contribution in [2.75, 3.05) is 13.7 Å². The van der Waals surface area contributed by atoms with Gasteiger partial charge in [-0.25, -0.2) is 9.18 Å². The van der Waals surface area contributed by atoms with Gasteiger partial charge >= 0.3 is 5.97 Å². The molecule has 31 heavy (non-hydrogen) atoms. The Bertz CT molecular complexity index is 1280. The maximum atomic E-state index is 14.2. The summed E-state index contributed by atoms with van der Waals surface area (Å²) in [7, 11) is 3.29. The fourth-order valence-corrected chi connectivity index (χ4v) is 3.68. The van der Waals surface area contributed by atoms with Crippen LogP contribution in [0.5, 0.6) is 5.75 Å². The molecule has 0 amide bonds. The highest BCUT2D eigenvalue weighted by molar-refractivity contribution is 6.14. The Morgan fingerprint density at radius 3 is 2.39 bits per heavy atom. The van der Waals surface area contributed by atoms with Gasteiger partial charge in [0.25, 0.3) is 0 Å². The van der Waals surface area contributed by atoms with Crippen LogP contribution >= 0.6 is 0 Å². The molecule has 0 bridgehead atoms. The highest BCUT2D eigenvalue weighted by Gasteiger charge is 2.24. The van der Waals surface area contributed by atoms with Gasteiger partial charge in [-0.3, -0.25) is 4.79 Å². The smallest absolute Gasteiger partial charge is 0.341 e. The fraction of sp³-hybridized carbons (Fsp3) is 0.120. The molecule has 156 valence electrons. The summed E-state index contributed by atoms with van der Waals surface area (Å²) in [4.78, 5) is 25.5. The van der Waals surface area contributed by atoms with Crippen LogP contribution in [0.3, 0.4) is 0 Å². The van der Waals surface area contributed by atoms with E-state index in [2.05, 4.69) is 0 Å². The number of ether oxygens (including phenoxy) is 2. The quantitative estimate of drug-likeness (QED) is 0.326. The third-order valence-electron chi connectivity index (χ3n) is 5.16. The van der Waals surface area contributed by atoms with E-state index in [0.717, 1.165) is 28.2 Å². The number of halogens is 1. The summed E-state index contributed by atoms with van der Waals surface area (Å²) >= 11 is 0. The fourth-order valence-electron chi connectivity index (χ4n) is 3.68. The summed E-state index contributed by atoms with van der Waals surface area (Å²) in [6.45, 7) is -0.502. The molecule has 0 saturated carbocycles.